The normalized spacial score (nSPS) is 12.0. The molecular formula is C23H19Cl2N3O4. The fourth-order valence-electron chi connectivity index (χ4n) is 3.12. The highest BCUT2D eigenvalue weighted by molar-refractivity contribution is 6.31. The lowest BCUT2D eigenvalue weighted by Crippen LogP contribution is -2.49. The van der Waals surface area contributed by atoms with E-state index in [0.29, 0.717) is 33.0 Å². The second-order valence-corrected chi connectivity index (χ2v) is 7.81. The zero-order chi connectivity index (χ0) is 22.5. The smallest absolute Gasteiger partial charge is 0.341 e. The van der Waals surface area contributed by atoms with Crippen LogP contribution in [-0.4, -0.2) is 18.5 Å². The Morgan fingerprint density at radius 1 is 0.938 bits per heavy atom. The quantitative estimate of drug-likeness (QED) is 0.504. The van der Waals surface area contributed by atoms with Crippen molar-refractivity contribution in [2.45, 2.75) is 13.0 Å². The summed E-state index contributed by atoms with van der Waals surface area (Å²) in [5.41, 5.74) is 6.16. The number of ether oxygens (including phenoxy) is 2. The van der Waals surface area contributed by atoms with Crippen molar-refractivity contribution in [1.29, 1.82) is 0 Å². The first-order valence-electron chi connectivity index (χ1n) is 9.79. The SMILES string of the molecule is O=C(CCOc1ccc(Cl)cc1)NNC(=O)N1Cc2ccccc2Oc2ccc(Cl)cc21. The lowest BCUT2D eigenvalue weighted by molar-refractivity contribution is -0.122. The van der Waals surface area contributed by atoms with E-state index in [0.717, 1.165) is 5.56 Å². The summed E-state index contributed by atoms with van der Waals surface area (Å²) in [5.74, 6) is 1.33. The summed E-state index contributed by atoms with van der Waals surface area (Å²) in [6.45, 7) is 0.387. The van der Waals surface area contributed by atoms with E-state index in [2.05, 4.69) is 10.9 Å². The summed E-state index contributed by atoms with van der Waals surface area (Å²) in [7, 11) is 0. The summed E-state index contributed by atoms with van der Waals surface area (Å²) in [4.78, 5) is 26.5. The molecule has 0 fully saturated rings. The maximum atomic E-state index is 12.9. The number of carbonyl (C=O) groups excluding carboxylic acids is 2. The van der Waals surface area contributed by atoms with Gasteiger partial charge in [0.2, 0.25) is 5.91 Å². The third kappa shape index (κ3) is 5.25. The lowest BCUT2D eigenvalue weighted by Gasteiger charge is -2.22. The molecule has 3 amide bonds. The molecule has 0 unspecified atom stereocenters. The highest BCUT2D eigenvalue weighted by atomic mass is 35.5. The van der Waals surface area contributed by atoms with Gasteiger partial charge in [-0.05, 0) is 48.5 Å². The molecular weight excluding hydrogens is 453 g/mol. The van der Waals surface area contributed by atoms with E-state index in [9.17, 15) is 9.59 Å². The van der Waals surface area contributed by atoms with Gasteiger partial charge < -0.3 is 9.47 Å². The second-order valence-electron chi connectivity index (χ2n) is 6.94. The Bertz CT molecular complexity index is 1140. The van der Waals surface area contributed by atoms with Gasteiger partial charge >= 0.3 is 6.03 Å². The number of benzene rings is 3. The molecule has 3 aromatic carbocycles. The van der Waals surface area contributed by atoms with Crippen LogP contribution in [0.2, 0.25) is 10.0 Å². The molecule has 0 atom stereocenters. The molecule has 0 radical (unpaired) electrons. The maximum Gasteiger partial charge on any atom is 0.341 e. The summed E-state index contributed by atoms with van der Waals surface area (Å²) in [5, 5.41) is 1.06. The number of anilines is 1. The zero-order valence-electron chi connectivity index (χ0n) is 16.8. The molecule has 0 spiro atoms. The van der Waals surface area contributed by atoms with Crippen molar-refractivity contribution < 1.29 is 19.1 Å². The van der Waals surface area contributed by atoms with Gasteiger partial charge in [0.25, 0.3) is 0 Å². The first-order valence-corrected chi connectivity index (χ1v) is 10.6. The van der Waals surface area contributed by atoms with Crippen molar-refractivity contribution >= 4 is 40.8 Å². The Morgan fingerprint density at radius 2 is 1.69 bits per heavy atom. The molecule has 164 valence electrons. The topological polar surface area (TPSA) is 79.9 Å². The fourth-order valence-corrected chi connectivity index (χ4v) is 3.41. The highest BCUT2D eigenvalue weighted by Gasteiger charge is 2.26. The van der Waals surface area contributed by atoms with Gasteiger partial charge in [-0.15, -0.1) is 0 Å². The molecule has 1 aliphatic rings. The summed E-state index contributed by atoms with van der Waals surface area (Å²) in [6.07, 6.45) is 0.0528. The van der Waals surface area contributed by atoms with Crippen molar-refractivity contribution in [2.75, 3.05) is 11.5 Å². The Hall–Kier alpha value is -3.42. The van der Waals surface area contributed by atoms with Crippen LogP contribution >= 0.6 is 23.2 Å². The van der Waals surface area contributed by atoms with Gasteiger partial charge in [-0.1, -0.05) is 41.4 Å². The number of rotatable bonds is 4. The van der Waals surface area contributed by atoms with Crippen molar-refractivity contribution in [2.24, 2.45) is 0 Å². The van der Waals surface area contributed by atoms with Gasteiger partial charge in [0.1, 0.15) is 11.5 Å². The largest absolute Gasteiger partial charge is 0.493 e. The Kier molecular flexibility index (Phi) is 6.68. The number of urea groups is 1. The van der Waals surface area contributed by atoms with E-state index in [1.807, 2.05) is 24.3 Å². The average Bonchev–Trinajstić information content (AvgIpc) is 2.95. The molecule has 1 heterocycles. The van der Waals surface area contributed by atoms with Crippen molar-refractivity contribution in [3.8, 4) is 17.2 Å². The number of nitrogens with one attached hydrogen (secondary N) is 2. The number of halogens is 2. The minimum Gasteiger partial charge on any atom is -0.493 e. The molecule has 32 heavy (non-hydrogen) atoms. The molecule has 4 rings (SSSR count). The summed E-state index contributed by atoms with van der Waals surface area (Å²) >= 11 is 12.0. The molecule has 1 aliphatic heterocycles. The molecule has 0 saturated heterocycles. The van der Waals surface area contributed by atoms with Crippen LogP contribution in [0.25, 0.3) is 0 Å². The minimum atomic E-state index is -0.527. The fraction of sp³-hybridized carbons (Fsp3) is 0.130. The molecule has 0 bridgehead atoms. The van der Waals surface area contributed by atoms with E-state index >= 15 is 0 Å². The zero-order valence-corrected chi connectivity index (χ0v) is 18.3. The van der Waals surface area contributed by atoms with Gasteiger partial charge in [-0.3, -0.25) is 15.1 Å². The molecule has 0 saturated carbocycles. The first-order chi connectivity index (χ1) is 15.5. The molecule has 9 heteroatoms. The number of fused-ring (bicyclic) bond motifs is 2. The lowest BCUT2D eigenvalue weighted by atomic mass is 10.2. The van der Waals surface area contributed by atoms with E-state index in [1.54, 1.807) is 42.5 Å². The maximum absolute atomic E-state index is 12.9. The van der Waals surface area contributed by atoms with Crippen molar-refractivity contribution in [1.82, 2.24) is 10.9 Å². The van der Waals surface area contributed by atoms with Gasteiger partial charge in [0.05, 0.1) is 25.3 Å². The summed E-state index contributed by atoms with van der Waals surface area (Å²) in [6, 6.07) is 18.8. The molecule has 0 aromatic heterocycles. The number of amides is 3. The van der Waals surface area contributed by atoms with E-state index in [-0.39, 0.29) is 19.6 Å². The number of nitrogens with zero attached hydrogens (tertiary/aromatic N) is 1. The number of hydrazine groups is 1. The predicted octanol–water partition coefficient (Wildman–Crippen LogP) is 5.32. The van der Waals surface area contributed by atoms with Crippen molar-refractivity contribution in [3.63, 3.8) is 0 Å². The van der Waals surface area contributed by atoms with Crippen LogP contribution in [0.4, 0.5) is 10.5 Å². The van der Waals surface area contributed by atoms with Crippen LogP contribution in [0, 0.1) is 0 Å². The number of hydrogen-bond donors (Lipinski definition) is 2. The third-order valence-electron chi connectivity index (χ3n) is 4.70. The summed E-state index contributed by atoms with van der Waals surface area (Å²) < 4.78 is 11.5. The predicted molar refractivity (Wildman–Crippen MR) is 122 cm³/mol. The Morgan fingerprint density at radius 3 is 2.50 bits per heavy atom. The van der Waals surface area contributed by atoms with Crippen LogP contribution < -0.4 is 25.2 Å². The van der Waals surface area contributed by atoms with Gasteiger partial charge in [-0.2, -0.15) is 0 Å². The van der Waals surface area contributed by atoms with Crippen molar-refractivity contribution in [3.05, 3.63) is 82.3 Å². The monoisotopic (exact) mass is 471 g/mol. The standard InChI is InChI=1S/C23H19Cl2N3O4/c24-16-5-8-18(9-6-16)31-12-11-22(29)26-27-23(30)28-14-15-3-1-2-4-20(15)32-21-10-7-17(25)13-19(21)28/h1-10,13H,11-12,14H2,(H,26,29)(H,27,30). The highest BCUT2D eigenvalue weighted by Crippen LogP contribution is 2.40. The Labute approximate surface area is 194 Å². The van der Waals surface area contributed by atoms with Gasteiger partial charge in [-0.25, -0.2) is 10.2 Å². The van der Waals surface area contributed by atoms with Gasteiger partial charge in [0, 0.05) is 15.6 Å². The molecule has 7 nitrogen and oxygen atoms in total. The molecule has 3 aromatic rings. The van der Waals surface area contributed by atoms with E-state index in [4.69, 9.17) is 32.7 Å². The van der Waals surface area contributed by atoms with Gasteiger partial charge in [0.15, 0.2) is 5.75 Å². The van der Waals surface area contributed by atoms with E-state index in [1.165, 1.54) is 4.90 Å². The minimum absolute atomic E-state index is 0.0528. The number of carbonyl (C=O) groups is 2. The number of hydrogen-bond acceptors (Lipinski definition) is 4. The average molecular weight is 472 g/mol. The van der Waals surface area contributed by atoms with Crippen LogP contribution in [0.5, 0.6) is 17.2 Å². The van der Waals surface area contributed by atoms with Crippen LogP contribution in [0.15, 0.2) is 66.7 Å². The van der Waals surface area contributed by atoms with E-state index < -0.39 is 11.9 Å². The van der Waals surface area contributed by atoms with Crippen LogP contribution in [-0.2, 0) is 11.3 Å². The molecule has 2 N–H and O–H groups in total. The third-order valence-corrected chi connectivity index (χ3v) is 5.19. The Balaban J connectivity index is 1.38. The van der Waals surface area contributed by atoms with Crippen LogP contribution in [0.3, 0.4) is 0 Å². The second kappa shape index (κ2) is 9.80. The molecule has 0 aliphatic carbocycles. The first kappa shape index (κ1) is 21.8. The van der Waals surface area contributed by atoms with Crippen LogP contribution in [0.1, 0.15) is 12.0 Å². The number of para-hydroxylation sites is 1.